The molecule has 1 aromatic heterocycles. The average Bonchev–Trinajstić information content (AvgIpc) is 2.31. The van der Waals surface area contributed by atoms with Gasteiger partial charge < -0.3 is 10.6 Å². The Hall–Kier alpha value is -0.680. The van der Waals surface area contributed by atoms with Crippen molar-refractivity contribution < 1.29 is 4.39 Å². The lowest BCUT2D eigenvalue weighted by Gasteiger charge is -2.32. The van der Waals surface area contributed by atoms with E-state index in [0.29, 0.717) is 16.2 Å². The van der Waals surface area contributed by atoms with Crippen LogP contribution >= 0.6 is 15.9 Å². The molecule has 1 aliphatic heterocycles. The highest BCUT2D eigenvalue weighted by molar-refractivity contribution is 9.10. The highest BCUT2D eigenvalue weighted by Gasteiger charge is 2.21. The molecule has 0 amide bonds. The Morgan fingerprint density at radius 3 is 2.76 bits per heavy atom. The van der Waals surface area contributed by atoms with Crippen molar-refractivity contribution in [3.05, 3.63) is 22.6 Å². The maximum absolute atomic E-state index is 13.7. The van der Waals surface area contributed by atoms with Crippen molar-refractivity contribution in [2.75, 3.05) is 24.5 Å². The van der Waals surface area contributed by atoms with E-state index in [1.54, 1.807) is 6.20 Å². The number of rotatable bonds is 3. The molecule has 1 aromatic rings. The summed E-state index contributed by atoms with van der Waals surface area (Å²) >= 11 is 3.22. The Bertz CT molecular complexity index is 378. The molecule has 2 heterocycles. The molecule has 1 saturated heterocycles. The molecule has 0 aromatic carbocycles. The third-order valence-electron chi connectivity index (χ3n) is 3.28. The first-order valence-corrected chi connectivity index (χ1v) is 6.76. The minimum atomic E-state index is -0.253. The first-order chi connectivity index (χ1) is 8.20. The van der Waals surface area contributed by atoms with E-state index < -0.39 is 0 Å². The van der Waals surface area contributed by atoms with Gasteiger partial charge in [0.1, 0.15) is 0 Å². The first-order valence-electron chi connectivity index (χ1n) is 5.96. The Morgan fingerprint density at radius 2 is 2.18 bits per heavy atom. The number of nitrogens with two attached hydrogens (primary N) is 1. The first kappa shape index (κ1) is 12.8. The van der Waals surface area contributed by atoms with Crippen LogP contribution in [-0.2, 0) is 0 Å². The van der Waals surface area contributed by atoms with Gasteiger partial charge in [0.15, 0.2) is 11.6 Å². The number of anilines is 1. The SMILES string of the molecule is NCCC1CCN(c2ncc(Br)cc2F)CC1. The molecule has 5 heteroatoms. The number of halogens is 2. The fourth-order valence-corrected chi connectivity index (χ4v) is 2.61. The molecule has 3 nitrogen and oxygen atoms in total. The molecule has 2 N–H and O–H groups in total. The van der Waals surface area contributed by atoms with Gasteiger partial charge in [0.25, 0.3) is 0 Å². The lowest BCUT2D eigenvalue weighted by molar-refractivity contribution is 0.382. The average molecular weight is 302 g/mol. The van der Waals surface area contributed by atoms with E-state index in [-0.39, 0.29) is 5.82 Å². The van der Waals surface area contributed by atoms with Crippen molar-refractivity contribution in [3.63, 3.8) is 0 Å². The van der Waals surface area contributed by atoms with Crippen LogP contribution in [-0.4, -0.2) is 24.6 Å². The molecule has 1 fully saturated rings. The molecular weight excluding hydrogens is 285 g/mol. The summed E-state index contributed by atoms with van der Waals surface area (Å²) in [4.78, 5) is 6.17. The van der Waals surface area contributed by atoms with Crippen molar-refractivity contribution in [1.82, 2.24) is 4.98 Å². The van der Waals surface area contributed by atoms with Gasteiger partial charge in [-0.1, -0.05) is 0 Å². The monoisotopic (exact) mass is 301 g/mol. The third-order valence-corrected chi connectivity index (χ3v) is 3.71. The van der Waals surface area contributed by atoms with Gasteiger partial charge in [-0.3, -0.25) is 0 Å². The van der Waals surface area contributed by atoms with Crippen LogP contribution in [0, 0.1) is 11.7 Å². The quantitative estimate of drug-likeness (QED) is 0.933. The van der Waals surface area contributed by atoms with Crippen LogP contribution in [0.5, 0.6) is 0 Å². The third kappa shape index (κ3) is 3.16. The number of aromatic nitrogens is 1. The second-order valence-electron chi connectivity index (χ2n) is 4.47. The van der Waals surface area contributed by atoms with Crippen molar-refractivity contribution >= 4 is 21.7 Å². The van der Waals surface area contributed by atoms with Gasteiger partial charge in [0.05, 0.1) is 0 Å². The maximum atomic E-state index is 13.7. The van der Waals surface area contributed by atoms with Crippen molar-refractivity contribution in [2.24, 2.45) is 11.7 Å². The van der Waals surface area contributed by atoms with Gasteiger partial charge in [-0.15, -0.1) is 0 Å². The Balaban J connectivity index is 2.00. The molecule has 0 spiro atoms. The van der Waals surface area contributed by atoms with Gasteiger partial charge in [-0.2, -0.15) is 0 Å². The van der Waals surface area contributed by atoms with E-state index in [2.05, 4.69) is 20.9 Å². The highest BCUT2D eigenvalue weighted by atomic mass is 79.9. The molecule has 0 saturated carbocycles. The van der Waals surface area contributed by atoms with Crippen molar-refractivity contribution in [2.45, 2.75) is 19.3 Å². The van der Waals surface area contributed by atoms with Gasteiger partial charge in [0.2, 0.25) is 0 Å². The van der Waals surface area contributed by atoms with E-state index in [0.717, 1.165) is 38.9 Å². The standard InChI is InChI=1S/C12H17BrFN3/c13-10-7-11(14)12(16-8-10)17-5-2-9(1-4-15)3-6-17/h7-9H,1-6,15H2. The van der Waals surface area contributed by atoms with E-state index in [9.17, 15) is 4.39 Å². The van der Waals surface area contributed by atoms with Crippen LogP contribution in [0.15, 0.2) is 16.7 Å². The van der Waals surface area contributed by atoms with E-state index in [4.69, 9.17) is 5.73 Å². The van der Waals surface area contributed by atoms with Crippen LogP contribution in [0.4, 0.5) is 10.2 Å². The highest BCUT2D eigenvalue weighted by Crippen LogP contribution is 2.26. The van der Waals surface area contributed by atoms with Crippen LogP contribution < -0.4 is 10.6 Å². The fourth-order valence-electron chi connectivity index (χ4n) is 2.31. The smallest absolute Gasteiger partial charge is 0.166 e. The molecule has 0 atom stereocenters. The lowest BCUT2D eigenvalue weighted by atomic mass is 9.93. The normalized spacial score (nSPS) is 17.5. The van der Waals surface area contributed by atoms with Gasteiger partial charge in [-0.25, -0.2) is 9.37 Å². The van der Waals surface area contributed by atoms with Crippen LogP contribution in [0.2, 0.25) is 0 Å². The molecular formula is C12H17BrFN3. The second kappa shape index (κ2) is 5.78. The van der Waals surface area contributed by atoms with Gasteiger partial charge >= 0.3 is 0 Å². The molecule has 0 unspecified atom stereocenters. The van der Waals surface area contributed by atoms with Crippen LogP contribution in [0.3, 0.4) is 0 Å². The van der Waals surface area contributed by atoms with Crippen LogP contribution in [0.25, 0.3) is 0 Å². The summed E-state index contributed by atoms with van der Waals surface area (Å²) in [6.45, 7) is 2.49. The fraction of sp³-hybridized carbons (Fsp3) is 0.583. The summed E-state index contributed by atoms with van der Waals surface area (Å²) < 4.78 is 14.4. The Labute approximate surface area is 109 Å². The summed E-state index contributed by atoms with van der Waals surface area (Å²) in [5.41, 5.74) is 5.55. The molecule has 0 aliphatic carbocycles. The zero-order chi connectivity index (χ0) is 12.3. The summed E-state index contributed by atoms with van der Waals surface area (Å²) in [7, 11) is 0. The predicted octanol–water partition coefficient (Wildman–Crippen LogP) is 2.55. The molecule has 1 aliphatic rings. The summed E-state index contributed by atoms with van der Waals surface area (Å²) in [5, 5.41) is 0. The topological polar surface area (TPSA) is 42.1 Å². The summed E-state index contributed by atoms with van der Waals surface area (Å²) in [5.74, 6) is 0.908. The predicted molar refractivity (Wildman–Crippen MR) is 70.5 cm³/mol. The van der Waals surface area contributed by atoms with Gasteiger partial charge in [0, 0.05) is 23.8 Å². The van der Waals surface area contributed by atoms with Crippen molar-refractivity contribution in [1.29, 1.82) is 0 Å². The Morgan fingerprint density at radius 1 is 1.47 bits per heavy atom. The zero-order valence-corrected chi connectivity index (χ0v) is 11.3. The molecule has 0 radical (unpaired) electrons. The largest absolute Gasteiger partial charge is 0.354 e. The summed E-state index contributed by atoms with van der Waals surface area (Å²) in [6.07, 6.45) is 4.87. The van der Waals surface area contributed by atoms with Crippen molar-refractivity contribution in [3.8, 4) is 0 Å². The minimum absolute atomic E-state index is 0.253. The minimum Gasteiger partial charge on any atom is -0.354 e. The number of pyridine rings is 1. The number of hydrogen-bond acceptors (Lipinski definition) is 3. The van der Waals surface area contributed by atoms with E-state index in [1.165, 1.54) is 6.07 Å². The molecule has 2 rings (SSSR count). The Kier molecular flexibility index (Phi) is 4.34. The zero-order valence-electron chi connectivity index (χ0n) is 9.70. The van der Waals surface area contributed by atoms with E-state index >= 15 is 0 Å². The van der Waals surface area contributed by atoms with E-state index in [1.807, 2.05) is 4.90 Å². The van der Waals surface area contributed by atoms with Gasteiger partial charge in [-0.05, 0) is 53.7 Å². The number of nitrogens with zero attached hydrogens (tertiary/aromatic N) is 2. The maximum Gasteiger partial charge on any atom is 0.166 e. The molecule has 94 valence electrons. The molecule has 0 bridgehead atoms. The second-order valence-corrected chi connectivity index (χ2v) is 5.38. The molecule has 17 heavy (non-hydrogen) atoms. The van der Waals surface area contributed by atoms with Crippen LogP contribution in [0.1, 0.15) is 19.3 Å². The number of piperidine rings is 1. The lowest BCUT2D eigenvalue weighted by Crippen LogP contribution is -2.35. The summed E-state index contributed by atoms with van der Waals surface area (Å²) in [6, 6.07) is 1.47. The number of hydrogen-bond donors (Lipinski definition) is 1.